The minimum Gasteiger partial charge on any atom is -0.497 e. The average molecular weight is 590 g/mol. The number of carbonyl (C=O) groups excluding carboxylic acids is 2. The molecule has 3 aromatic rings. The van der Waals surface area contributed by atoms with Crippen molar-refractivity contribution in [2.75, 3.05) is 18.0 Å². The van der Waals surface area contributed by atoms with Crippen LogP contribution in [0.1, 0.15) is 32.8 Å². The van der Waals surface area contributed by atoms with Crippen molar-refractivity contribution in [1.82, 2.24) is 10.2 Å². The molecule has 3 rings (SSSR count). The van der Waals surface area contributed by atoms with Gasteiger partial charge in [0.1, 0.15) is 24.2 Å². The number of nitrogens with zero attached hydrogens (tertiary/aromatic N) is 2. The van der Waals surface area contributed by atoms with Crippen LogP contribution >= 0.6 is 11.6 Å². The molecule has 8 nitrogen and oxygen atoms in total. The maximum Gasteiger partial charge on any atom is 0.264 e. The van der Waals surface area contributed by atoms with E-state index in [2.05, 4.69) is 5.32 Å². The highest BCUT2D eigenvalue weighted by molar-refractivity contribution is 7.92. The molecule has 0 heterocycles. The van der Waals surface area contributed by atoms with Crippen molar-refractivity contribution in [1.29, 1.82) is 0 Å². The highest BCUT2D eigenvalue weighted by Gasteiger charge is 2.33. The number of hydrogen-bond donors (Lipinski definition) is 1. The van der Waals surface area contributed by atoms with E-state index in [1.807, 2.05) is 13.8 Å². The Morgan fingerprint density at radius 2 is 1.73 bits per heavy atom. The van der Waals surface area contributed by atoms with Crippen molar-refractivity contribution in [3.63, 3.8) is 0 Å². The molecule has 40 heavy (non-hydrogen) atoms. The predicted molar refractivity (Wildman–Crippen MR) is 153 cm³/mol. The third kappa shape index (κ3) is 7.51. The largest absolute Gasteiger partial charge is 0.497 e. The van der Waals surface area contributed by atoms with Crippen LogP contribution in [-0.4, -0.2) is 50.9 Å². The number of halogens is 2. The highest BCUT2D eigenvalue weighted by Crippen LogP contribution is 2.28. The lowest BCUT2D eigenvalue weighted by Gasteiger charge is -2.32. The monoisotopic (exact) mass is 589 g/mol. The summed E-state index contributed by atoms with van der Waals surface area (Å²) in [4.78, 5) is 28.3. The van der Waals surface area contributed by atoms with E-state index >= 15 is 0 Å². The Morgan fingerprint density at radius 3 is 2.35 bits per heavy atom. The van der Waals surface area contributed by atoms with Gasteiger partial charge in [-0.3, -0.25) is 13.9 Å². The van der Waals surface area contributed by atoms with E-state index < -0.39 is 34.3 Å². The molecule has 0 aliphatic rings. The minimum absolute atomic E-state index is 0.00152. The van der Waals surface area contributed by atoms with Crippen LogP contribution < -0.4 is 14.4 Å². The molecule has 1 N–H and O–H groups in total. The van der Waals surface area contributed by atoms with Crippen LogP contribution in [-0.2, 0) is 26.2 Å². The quantitative estimate of drug-likeness (QED) is 0.320. The molecule has 0 bridgehead atoms. The number of hydrogen-bond acceptors (Lipinski definition) is 5. The second-order valence-corrected chi connectivity index (χ2v) is 11.6. The van der Waals surface area contributed by atoms with Gasteiger partial charge >= 0.3 is 0 Å². The first-order chi connectivity index (χ1) is 19.0. The second-order valence-electron chi connectivity index (χ2n) is 9.29. The lowest BCUT2D eigenvalue weighted by atomic mass is 10.1. The number of nitrogens with one attached hydrogen (secondary N) is 1. The van der Waals surface area contributed by atoms with E-state index in [9.17, 15) is 22.4 Å². The summed E-state index contributed by atoms with van der Waals surface area (Å²) in [7, 11) is -2.76. The van der Waals surface area contributed by atoms with Gasteiger partial charge < -0.3 is 15.0 Å². The normalized spacial score (nSPS) is 12.8. The summed E-state index contributed by atoms with van der Waals surface area (Å²) >= 11 is 5.99. The number of amides is 2. The van der Waals surface area contributed by atoms with E-state index in [-0.39, 0.29) is 34.1 Å². The van der Waals surface area contributed by atoms with Crippen molar-refractivity contribution in [2.24, 2.45) is 0 Å². The van der Waals surface area contributed by atoms with Crippen molar-refractivity contribution < 1.29 is 27.1 Å². The molecule has 11 heteroatoms. The fourth-order valence-corrected chi connectivity index (χ4v) is 5.51. The first kappa shape index (κ1) is 30.9. The molecule has 0 aromatic heterocycles. The van der Waals surface area contributed by atoms with Gasteiger partial charge in [-0.2, -0.15) is 0 Å². The van der Waals surface area contributed by atoms with E-state index in [1.54, 1.807) is 49.4 Å². The summed E-state index contributed by atoms with van der Waals surface area (Å²) in [5.74, 6) is -1.19. The van der Waals surface area contributed by atoms with Gasteiger partial charge in [0.25, 0.3) is 10.0 Å². The zero-order valence-electron chi connectivity index (χ0n) is 22.8. The molecular formula is C29H33ClFN3O5S. The Hall–Kier alpha value is -3.63. The lowest BCUT2D eigenvalue weighted by Crippen LogP contribution is -2.52. The minimum atomic E-state index is -4.28. The van der Waals surface area contributed by atoms with Gasteiger partial charge in [0, 0.05) is 12.6 Å². The van der Waals surface area contributed by atoms with Gasteiger partial charge in [0.15, 0.2) is 0 Å². The van der Waals surface area contributed by atoms with Gasteiger partial charge in [0.2, 0.25) is 11.8 Å². The van der Waals surface area contributed by atoms with Gasteiger partial charge in [-0.15, -0.1) is 0 Å². The molecule has 0 saturated heterocycles. The maximum absolute atomic E-state index is 14.0. The van der Waals surface area contributed by atoms with E-state index in [0.29, 0.717) is 17.7 Å². The fraction of sp³-hybridized carbons (Fsp3) is 0.310. The molecule has 0 fully saturated rings. The van der Waals surface area contributed by atoms with Crippen LogP contribution in [0.5, 0.6) is 5.75 Å². The Labute approximate surface area is 239 Å². The standard InChI is InChI=1S/C29H33ClFN3O5S/c1-5-20(2)32-29(36)21(3)33(18-22-10-9-11-24(16-22)39-4)28(35)19-34(23-14-15-27(31)26(30)17-23)40(37,38)25-12-7-6-8-13-25/h6-17,20-21H,5,18-19H2,1-4H3,(H,32,36)/t20-,21+/m0/s1. The molecule has 0 aliphatic heterocycles. The third-order valence-corrected chi connectivity index (χ3v) is 8.53. The number of carbonyl (C=O) groups is 2. The van der Waals surface area contributed by atoms with Crippen LogP contribution in [0, 0.1) is 5.82 Å². The summed E-state index contributed by atoms with van der Waals surface area (Å²) in [6.07, 6.45) is 0.691. The van der Waals surface area contributed by atoms with E-state index in [4.69, 9.17) is 16.3 Å². The maximum atomic E-state index is 14.0. The molecule has 0 spiro atoms. The van der Waals surface area contributed by atoms with Crippen LogP contribution in [0.2, 0.25) is 5.02 Å². The number of methoxy groups -OCH3 is 1. The zero-order valence-corrected chi connectivity index (χ0v) is 24.4. The molecule has 0 unspecified atom stereocenters. The van der Waals surface area contributed by atoms with Crippen molar-refractivity contribution in [3.8, 4) is 5.75 Å². The van der Waals surface area contributed by atoms with Crippen LogP contribution in [0.15, 0.2) is 77.7 Å². The first-order valence-corrected chi connectivity index (χ1v) is 14.5. The first-order valence-electron chi connectivity index (χ1n) is 12.7. The summed E-state index contributed by atoms with van der Waals surface area (Å²) in [5, 5.41) is 2.58. The summed E-state index contributed by atoms with van der Waals surface area (Å²) in [5.41, 5.74) is 0.680. The number of benzene rings is 3. The third-order valence-electron chi connectivity index (χ3n) is 6.46. The molecule has 3 aromatic carbocycles. The Bertz CT molecular complexity index is 1440. The van der Waals surface area contributed by atoms with Gasteiger partial charge in [-0.25, -0.2) is 12.8 Å². The SMILES string of the molecule is CC[C@H](C)NC(=O)[C@@H](C)N(Cc1cccc(OC)c1)C(=O)CN(c1ccc(F)c(Cl)c1)S(=O)(=O)c1ccccc1. The van der Waals surface area contributed by atoms with E-state index in [1.165, 1.54) is 30.2 Å². The molecule has 0 aliphatic carbocycles. The fourth-order valence-electron chi connectivity index (χ4n) is 3.90. The molecule has 0 radical (unpaired) electrons. The Balaban J connectivity index is 2.05. The molecule has 214 valence electrons. The van der Waals surface area contributed by atoms with Gasteiger partial charge in [-0.05, 0) is 68.3 Å². The molecule has 0 saturated carbocycles. The number of ether oxygens (including phenoxy) is 1. The Morgan fingerprint density at radius 1 is 1.02 bits per heavy atom. The topological polar surface area (TPSA) is 96.0 Å². The van der Waals surface area contributed by atoms with Crippen molar-refractivity contribution >= 4 is 39.1 Å². The van der Waals surface area contributed by atoms with Crippen LogP contribution in [0.4, 0.5) is 10.1 Å². The van der Waals surface area contributed by atoms with Crippen LogP contribution in [0.25, 0.3) is 0 Å². The summed E-state index contributed by atoms with van der Waals surface area (Å²) in [6, 6.07) is 16.9. The average Bonchev–Trinajstić information content (AvgIpc) is 2.96. The van der Waals surface area contributed by atoms with E-state index in [0.717, 1.165) is 16.4 Å². The Kier molecular flexibility index (Phi) is 10.5. The zero-order chi connectivity index (χ0) is 29.4. The lowest BCUT2D eigenvalue weighted by molar-refractivity contribution is -0.139. The summed E-state index contributed by atoms with van der Waals surface area (Å²) in [6.45, 7) is 4.71. The smallest absolute Gasteiger partial charge is 0.264 e. The van der Waals surface area contributed by atoms with Crippen molar-refractivity contribution in [2.45, 2.75) is 50.7 Å². The number of anilines is 1. The van der Waals surface area contributed by atoms with Gasteiger partial charge in [-0.1, -0.05) is 48.9 Å². The second kappa shape index (κ2) is 13.6. The summed E-state index contributed by atoms with van der Waals surface area (Å²) < 4.78 is 47.6. The van der Waals surface area contributed by atoms with Crippen LogP contribution in [0.3, 0.4) is 0 Å². The molecular weight excluding hydrogens is 557 g/mol. The predicted octanol–water partition coefficient (Wildman–Crippen LogP) is 5.02. The van der Waals surface area contributed by atoms with Gasteiger partial charge in [0.05, 0.1) is 22.7 Å². The number of sulfonamides is 1. The highest BCUT2D eigenvalue weighted by atomic mass is 35.5. The van der Waals surface area contributed by atoms with Crippen molar-refractivity contribution in [3.05, 3.63) is 89.2 Å². The molecule has 2 amide bonds. The number of rotatable bonds is 12. The molecule has 2 atom stereocenters.